The number of rotatable bonds is 13. The van der Waals surface area contributed by atoms with Crippen LogP contribution in [0.1, 0.15) is 20.7 Å². The zero-order chi connectivity index (χ0) is 38.0. The van der Waals surface area contributed by atoms with E-state index in [-0.39, 0.29) is 0 Å². The molecule has 0 aliphatic heterocycles. The van der Waals surface area contributed by atoms with Crippen LogP contribution < -0.4 is 10.5 Å². The van der Waals surface area contributed by atoms with Gasteiger partial charge in [-0.3, -0.25) is 0 Å². The first-order valence-corrected chi connectivity index (χ1v) is 20.2. The number of nitro benzene ring substituents is 2. The number of nitro groups is 2. The molecule has 5 aromatic carbocycles. The minimum atomic E-state index is -7.70. The predicted molar refractivity (Wildman–Crippen MR) is 173 cm³/mol. The Bertz CT molecular complexity index is 2090. The summed E-state index contributed by atoms with van der Waals surface area (Å²) in [6, 6.07) is 14.8. The van der Waals surface area contributed by atoms with Crippen LogP contribution in [0.25, 0.3) is 0 Å². The summed E-state index contributed by atoms with van der Waals surface area (Å²) >= 11 is -7.70. The van der Waals surface area contributed by atoms with Crippen LogP contribution in [0.4, 0.5) is 35.9 Å². The second-order valence-corrected chi connectivity index (χ2v) is 21.5. The van der Waals surface area contributed by atoms with Crippen molar-refractivity contribution in [2.45, 2.75) is 0 Å². The molecule has 0 aliphatic carbocycles. The maximum atomic E-state index is 15.3. The molecule has 0 radical (unpaired) electrons. The van der Waals surface area contributed by atoms with Gasteiger partial charge in [-0.05, 0) is 0 Å². The Kier molecular flexibility index (Phi) is 9.74. The van der Waals surface area contributed by atoms with E-state index in [0.29, 0.717) is 54.6 Å². The number of non-ortho nitro benzene ring substituents is 2. The first-order valence-electron chi connectivity index (χ1n) is 14.2. The van der Waals surface area contributed by atoms with Crippen LogP contribution in [-0.4, -0.2) is 60.1 Å². The molecule has 0 bridgehead atoms. The van der Waals surface area contributed by atoms with Gasteiger partial charge in [0.2, 0.25) is 0 Å². The zero-order valence-electron chi connectivity index (χ0n) is 25.7. The molecule has 52 heavy (non-hydrogen) atoms. The Morgan fingerprint density at radius 1 is 0.519 bits per heavy atom. The second kappa shape index (κ2) is 13.9. The second-order valence-electron chi connectivity index (χ2n) is 10.7. The molecule has 16 nitrogen and oxygen atoms in total. The van der Waals surface area contributed by atoms with Crippen LogP contribution in [0.3, 0.4) is 0 Å². The Balaban J connectivity index is 1.96. The Hall–Kier alpha value is -6.75. The fourth-order valence-electron chi connectivity index (χ4n) is 5.17. The molecule has 5 aromatic rings. The molecule has 0 atom stereocenters. The standard InChI is InChI=1S/2C7H4N2O6.3C6H4F.Sb/c2*10-7(11)4-1-5(8(12)13)3-6(2-4)9(14)15;3*7-6-4-2-1-3-5-6;/h2*1-3H,(H,10,11);3*1-2,4-5H;/q;;;;;+2. The molecule has 0 heterocycles. The molecular weight excluding hydrogens is 811 g/mol. The average molecular weight is 831 g/mol. The molecule has 0 amide bonds. The van der Waals surface area contributed by atoms with Crippen molar-refractivity contribution >= 4 is 63.5 Å². The maximum absolute atomic E-state index is 15.3. The normalized spacial score (nSPS) is 11.8. The summed E-state index contributed by atoms with van der Waals surface area (Å²) in [6.07, 6.45) is 0. The molecule has 0 unspecified atom stereocenters. The molecule has 0 aliphatic rings. The molecule has 5 rings (SSSR count). The fourth-order valence-corrected chi connectivity index (χ4v) is 17.7. The van der Waals surface area contributed by atoms with Gasteiger partial charge in [-0.2, -0.15) is 0 Å². The summed E-state index contributed by atoms with van der Waals surface area (Å²) in [5, 5.41) is 42.6. The van der Waals surface area contributed by atoms with E-state index in [1.54, 1.807) is 0 Å². The Labute approximate surface area is 289 Å². The van der Waals surface area contributed by atoms with Gasteiger partial charge in [0.25, 0.3) is 0 Å². The van der Waals surface area contributed by atoms with Gasteiger partial charge in [0, 0.05) is 0 Å². The third kappa shape index (κ3) is 6.71. The summed E-state index contributed by atoms with van der Waals surface area (Å²) in [7, 11) is 0. The molecule has 20 heteroatoms. The van der Waals surface area contributed by atoms with Crippen molar-refractivity contribution in [3.05, 3.63) is 168 Å². The number of carbonyl (C=O) groups is 2. The van der Waals surface area contributed by atoms with E-state index in [0.717, 1.165) is 54.6 Å². The van der Waals surface area contributed by atoms with Crippen LogP contribution in [-0.2, 0) is 6.23 Å². The van der Waals surface area contributed by atoms with Gasteiger partial charge in [0.1, 0.15) is 0 Å². The monoisotopic (exact) mass is 830 g/mol. The van der Waals surface area contributed by atoms with Gasteiger partial charge in [0.05, 0.1) is 0 Å². The molecule has 0 aromatic heterocycles. The van der Waals surface area contributed by atoms with E-state index in [1.165, 1.54) is 0 Å². The molecule has 264 valence electrons. The van der Waals surface area contributed by atoms with Crippen molar-refractivity contribution in [3.8, 4) is 0 Å². The summed E-state index contributed by atoms with van der Waals surface area (Å²) in [5.74, 6) is -6.68. The van der Waals surface area contributed by atoms with Gasteiger partial charge in [-0.15, -0.1) is 0 Å². The molecular formula is C32H20F3N4O12Sb+2. The van der Waals surface area contributed by atoms with E-state index < -0.39 is 112 Å². The van der Waals surface area contributed by atoms with Crippen LogP contribution >= 0.6 is 0 Å². The first-order chi connectivity index (χ1) is 24.5. The van der Waals surface area contributed by atoms with E-state index in [1.807, 2.05) is 0 Å². The number of carboxylic acid groups (broad SMARTS) is 2. The van der Waals surface area contributed by atoms with Crippen LogP contribution in [0.5, 0.6) is 0 Å². The summed E-state index contributed by atoms with van der Waals surface area (Å²) in [6.45, 7) is 0. The molecule has 0 spiro atoms. The summed E-state index contributed by atoms with van der Waals surface area (Å²) in [4.78, 5) is 72.6. The molecule has 0 saturated carbocycles. The van der Waals surface area contributed by atoms with Gasteiger partial charge < -0.3 is 0 Å². The van der Waals surface area contributed by atoms with Gasteiger partial charge in [0.15, 0.2) is 0 Å². The van der Waals surface area contributed by atoms with Crippen LogP contribution in [0.15, 0.2) is 109 Å². The number of carboxylic acids is 2. The summed E-state index contributed by atoms with van der Waals surface area (Å²) < 4.78 is 56.3. The van der Waals surface area contributed by atoms with Crippen LogP contribution in [0, 0.1) is 47.5 Å². The van der Waals surface area contributed by atoms with Crippen molar-refractivity contribution in [1.82, 2.24) is 0 Å². The third-order valence-electron chi connectivity index (χ3n) is 7.43. The SMILES string of the molecule is O=C(O)c1cc([N+](=O)[O-])cc([N+](=O)[O][Sb]([O][N+](=O)c2cc(C(=O)O)cc([N+](=O)[O-])c2)([c]2cccc(F)c2)([c]2cccc(F)c2)[c]2cccc(F)c2)c1. The first kappa shape index (κ1) is 36.5. The third-order valence-corrected chi connectivity index (χ3v) is 20.5. The van der Waals surface area contributed by atoms with E-state index in [9.17, 15) is 49.8 Å². The number of halogens is 3. The van der Waals surface area contributed by atoms with Crippen molar-refractivity contribution in [2.24, 2.45) is 0 Å². The number of hydrogen-bond donors (Lipinski definition) is 2. The van der Waals surface area contributed by atoms with Crippen molar-refractivity contribution in [3.63, 3.8) is 0 Å². The van der Waals surface area contributed by atoms with Crippen molar-refractivity contribution in [1.29, 1.82) is 0 Å². The summed E-state index contributed by atoms with van der Waals surface area (Å²) in [5.41, 5.74) is -5.29. The van der Waals surface area contributed by atoms with E-state index in [2.05, 4.69) is 0 Å². The van der Waals surface area contributed by atoms with Gasteiger partial charge in [-0.1, -0.05) is 0 Å². The fraction of sp³-hybridized carbons (Fsp3) is 0. The molecule has 0 fully saturated rings. The number of aromatic carboxylic acids is 2. The van der Waals surface area contributed by atoms with E-state index >= 15 is 13.2 Å². The van der Waals surface area contributed by atoms with Crippen molar-refractivity contribution < 1.29 is 58.9 Å². The zero-order valence-corrected chi connectivity index (χ0v) is 28.3. The number of benzene rings is 5. The Morgan fingerprint density at radius 3 is 1.10 bits per heavy atom. The quantitative estimate of drug-likeness (QED) is 0.0927. The average Bonchev–Trinajstić information content (AvgIpc) is 3.10. The van der Waals surface area contributed by atoms with Gasteiger partial charge in [-0.25, -0.2) is 0 Å². The van der Waals surface area contributed by atoms with Crippen molar-refractivity contribution in [2.75, 3.05) is 0 Å². The molecule has 0 saturated heterocycles. The van der Waals surface area contributed by atoms with Crippen LogP contribution in [0.2, 0.25) is 0 Å². The van der Waals surface area contributed by atoms with E-state index in [4.69, 9.17) is 6.23 Å². The number of nitrogens with zero attached hydrogens (tertiary/aromatic N) is 4. The topological polar surface area (TPSA) is 220 Å². The van der Waals surface area contributed by atoms with Gasteiger partial charge >= 0.3 is 290 Å². The Morgan fingerprint density at radius 2 is 0.827 bits per heavy atom. The molecule has 2 N–H and O–H groups in total. The minimum absolute atomic E-state index is 0.508. The number of hydrogen-bond acceptors (Lipinski definition) is 10. The predicted octanol–water partition coefficient (Wildman–Crippen LogP) is 4.82.